The summed E-state index contributed by atoms with van der Waals surface area (Å²) in [6.07, 6.45) is 2.64. The Morgan fingerprint density at radius 3 is 2.59 bits per heavy atom. The molecule has 176 valence electrons. The standard InChI is InChI=1S/C29H33N3O2/c1-21-14-15-23(3)27(20-21)34-19-9-8-18-32-26-13-7-6-12-25(26)31-28(32)16-17-30-29(33)24-11-5-4-10-22(24)2/h4-7,10-15,20H,8-9,16-19H2,1-3H3,(H,30,33). The Morgan fingerprint density at radius 1 is 0.941 bits per heavy atom. The number of aromatic nitrogens is 2. The summed E-state index contributed by atoms with van der Waals surface area (Å²) in [4.78, 5) is 17.4. The Hall–Kier alpha value is -3.60. The van der Waals surface area contributed by atoms with Crippen molar-refractivity contribution >= 4 is 16.9 Å². The molecule has 0 aliphatic rings. The third kappa shape index (κ3) is 5.66. The number of para-hydroxylation sites is 2. The lowest BCUT2D eigenvalue weighted by atomic mass is 10.1. The van der Waals surface area contributed by atoms with Crippen LogP contribution in [0.1, 0.15) is 45.7 Å². The summed E-state index contributed by atoms with van der Waals surface area (Å²) in [7, 11) is 0. The topological polar surface area (TPSA) is 56.1 Å². The number of amides is 1. The van der Waals surface area contributed by atoms with Gasteiger partial charge < -0.3 is 14.6 Å². The van der Waals surface area contributed by atoms with Crippen molar-refractivity contribution in [1.82, 2.24) is 14.9 Å². The van der Waals surface area contributed by atoms with E-state index in [0.29, 0.717) is 19.6 Å². The molecule has 0 bridgehead atoms. The number of unbranched alkanes of at least 4 members (excludes halogenated alkanes) is 1. The number of hydrogen-bond donors (Lipinski definition) is 1. The lowest BCUT2D eigenvalue weighted by Gasteiger charge is -2.12. The average Bonchev–Trinajstić information content (AvgIpc) is 3.18. The van der Waals surface area contributed by atoms with Gasteiger partial charge in [-0.15, -0.1) is 0 Å². The van der Waals surface area contributed by atoms with Crippen molar-refractivity contribution in [3.05, 3.63) is 94.8 Å². The van der Waals surface area contributed by atoms with Gasteiger partial charge in [-0.1, -0.05) is 42.5 Å². The summed E-state index contributed by atoms with van der Waals surface area (Å²) in [5.74, 6) is 1.93. The van der Waals surface area contributed by atoms with E-state index in [1.54, 1.807) is 0 Å². The first-order valence-electron chi connectivity index (χ1n) is 12.0. The molecule has 1 N–H and O–H groups in total. The van der Waals surface area contributed by atoms with E-state index in [2.05, 4.69) is 48.0 Å². The molecule has 1 heterocycles. The molecule has 0 spiro atoms. The van der Waals surface area contributed by atoms with Gasteiger partial charge in [0.1, 0.15) is 11.6 Å². The van der Waals surface area contributed by atoms with Crippen LogP contribution in [0.3, 0.4) is 0 Å². The van der Waals surface area contributed by atoms with E-state index in [0.717, 1.165) is 53.1 Å². The fraction of sp³-hybridized carbons (Fsp3) is 0.310. The highest BCUT2D eigenvalue weighted by Crippen LogP contribution is 2.20. The third-order valence-corrected chi connectivity index (χ3v) is 6.13. The van der Waals surface area contributed by atoms with Gasteiger partial charge in [-0.2, -0.15) is 0 Å². The SMILES string of the molecule is Cc1ccc(C)c(OCCCCn2c(CCNC(=O)c3ccccc3C)nc3ccccc32)c1. The van der Waals surface area contributed by atoms with Gasteiger partial charge in [0.25, 0.3) is 5.91 Å². The van der Waals surface area contributed by atoms with Crippen LogP contribution < -0.4 is 10.1 Å². The summed E-state index contributed by atoms with van der Waals surface area (Å²) in [6, 6.07) is 22.2. The molecule has 4 rings (SSSR count). The van der Waals surface area contributed by atoms with Crippen LogP contribution >= 0.6 is 0 Å². The molecule has 4 aromatic rings. The highest BCUT2D eigenvalue weighted by molar-refractivity contribution is 5.95. The highest BCUT2D eigenvalue weighted by Gasteiger charge is 2.12. The quantitative estimate of drug-likeness (QED) is 0.308. The molecule has 5 nitrogen and oxygen atoms in total. The Morgan fingerprint density at radius 2 is 1.74 bits per heavy atom. The van der Waals surface area contributed by atoms with Gasteiger partial charge in [-0.3, -0.25) is 4.79 Å². The molecule has 1 amide bonds. The molecule has 3 aromatic carbocycles. The Bertz CT molecular complexity index is 1280. The Balaban J connectivity index is 1.35. The van der Waals surface area contributed by atoms with Crippen LogP contribution in [0, 0.1) is 20.8 Å². The molecule has 5 heteroatoms. The van der Waals surface area contributed by atoms with Crippen LogP contribution in [0.25, 0.3) is 11.0 Å². The first-order chi connectivity index (χ1) is 16.5. The van der Waals surface area contributed by atoms with Gasteiger partial charge in [0.05, 0.1) is 17.6 Å². The molecule has 0 saturated carbocycles. The second-order valence-corrected chi connectivity index (χ2v) is 8.81. The second-order valence-electron chi connectivity index (χ2n) is 8.81. The molecule has 0 atom stereocenters. The van der Waals surface area contributed by atoms with Crippen LogP contribution in [0.4, 0.5) is 0 Å². The number of fused-ring (bicyclic) bond motifs is 1. The molecular formula is C29H33N3O2. The minimum atomic E-state index is -0.0376. The van der Waals surface area contributed by atoms with Gasteiger partial charge in [0, 0.05) is 25.1 Å². The van der Waals surface area contributed by atoms with Gasteiger partial charge in [-0.25, -0.2) is 4.98 Å². The molecule has 0 unspecified atom stereocenters. The van der Waals surface area contributed by atoms with Crippen LogP contribution in [0.5, 0.6) is 5.75 Å². The van der Waals surface area contributed by atoms with Crippen molar-refractivity contribution in [2.45, 2.75) is 46.6 Å². The number of nitrogens with zero attached hydrogens (tertiary/aromatic N) is 2. The number of aryl methyl sites for hydroxylation is 4. The van der Waals surface area contributed by atoms with Gasteiger partial charge >= 0.3 is 0 Å². The van der Waals surface area contributed by atoms with Gasteiger partial charge in [-0.05, 0) is 74.6 Å². The molecule has 0 radical (unpaired) electrons. The van der Waals surface area contributed by atoms with Crippen LogP contribution in [-0.2, 0) is 13.0 Å². The Kier molecular flexibility index (Phi) is 7.63. The number of nitrogens with one attached hydrogen (secondary N) is 1. The zero-order valence-corrected chi connectivity index (χ0v) is 20.3. The monoisotopic (exact) mass is 455 g/mol. The summed E-state index contributed by atoms with van der Waals surface area (Å²) in [5.41, 5.74) is 6.22. The minimum absolute atomic E-state index is 0.0376. The maximum Gasteiger partial charge on any atom is 0.251 e. The molecule has 0 fully saturated rings. The van der Waals surface area contributed by atoms with E-state index >= 15 is 0 Å². The molecule has 0 aliphatic heterocycles. The fourth-order valence-corrected chi connectivity index (χ4v) is 4.19. The van der Waals surface area contributed by atoms with Crippen molar-refractivity contribution in [2.75, 3.05) is 13.2 Å². The molecule has 34 heavy (non-hydrogen) atoms. The average molecular weight is 456 g/mol. The van der Waals surface area contributed by atoms with E-state index in [-0.39, 0.29) is 5.91 Å². The fourth-order valence-electron chi connectivity index (χ4n) is 4.19. The number of carbonyl (C=O) groups excluding carboxylic acids is 1. The summed E-state index contributed by atoms with van der Waals surface area (Å²) < 4.78 is 8.31. The first kappa shape index (κ1) is 23.6. The zero-order valence-electron chi connectivity index (χ0n) is 20.3. The maximum atomic E-state index is 12.6. The number of carbonyl (C=O) groups is 1. The number of benzene rings is 3. The van der Waals surface area contributed by atoms with E-state index < -0.39 is 0 Å². The van der Waals surface area contributed by atoms with Crippen molar-refractivity contribution in [3.8, 4) is 5.75 Å². The van der Waals surface area contributed by atoms with Crippen molar-refractivity contribution in [3.63, 3.8) is 0 Å². The zero-order chi connectivity index (χ0) is 23.9. The summed E-state index contributed by atoms with van der Waals surface area (Å²) in [6.45, 7) is 8.24. The lowest BCUT2D eigenvalue weighted by molar-refractivity contribution is 0.0953. The van der Waals surface area contributed by atoms with Crippen molar-refractivity contribution in [1.29, 1.82) is 0 Å². The van der Waals surface area contributed by atoms with Crippen LogP contribution in [-0.4, -0.2) is 28.6 Å². The van der Waals surface area contributed by atoms with E-state index in [1.807, 2.05) is 49.4 Å². The van der Waals surface area contributed by atoms with Crippen LogP contribution in [0.2, 0.25) is 0 Å². The lowest BCUT2D eigenvalue weighted by Crippen LogP contribution is -2.27. The Labute approximate surface area is 201 Å². The van der Waals surface area contributed by atoms with E-state index in [9.17, 15) is 4.79 Å². The minimum Gasteiger partial charge on any atom is -0.493 e. The number of ether oxygens (including phenoxy) is 1. The van der Waals surface area contributed by atoms with Crippen molar-refractivity contribution in [2.24, 2.45) is 0 Å². The highest BCUT2D eigenvalue weighted by atomic mass is 16.5. The number of rotatable bonds is 10. The molecular weight excluding hydrogens is 422 g/mol. The van der Waals surface area contributed by atoms with Gasteiger partial charge in [0.2, 0.25) is 0 Å². The third-order valence-electron chi connectivity index (χ3n) is 6.13. The molecule has 1 aromatic heterocycles. The molecule has 0 saturated heterocycles. The largest absolute Gasteiger partial charge is 0.493 e. The van der Waals surface area contributed by atoms with Crippen molar-refractivity contribution < 1.29 is 9.53 Å². The smallest absolute Gasteiger partial charge is 0.251 e. The summed E-state index contributed by atoms with van der Waals surface area (Å²) in [5, 5.41) is 3.05. The van der Waals surface area contributed by atoms with Gasteiger partial charge in [0.15, 0.2) is 0 Å². The van der Waals surface area contributed by atoms with E-state index in [4.69, 9.17) is 9.72 Å². The maximum absolute atomic E-state index is 12.6. The normalized spacial score (nSPS) is 11.0. The van der Waals surface area contributed by atoms with Crippen LogP contribution in [0.15, 0.2) is 66.7 Å². The first-order valence-corrected chi connectivity index (χ1v) is 12.0. The predicted octanol–water partition coefficient (Wildman–Crippen LogP) is 5.79. The predicted molar refractivity (Wildman–Crippen MR) is 138 cm³/mol. The number of hydrogen-bond acceptors (Lipinski definition) is 3. The molecule has 0 aliphatic carbocycles. The van der Waals surface area contributed by atoms with E-state index in [1.165, 1.54) is 11.1 Å². The second kappa shape index (κ2) is 11.0. The summed E-state index contributed by atoms with van der Waals surface area (Å²) >= 11 is 0. The number of imidazole rings is 1.